The highest BCUT2D eigenvalue weighted by molar-refractivity contribution is 5.67. The molecule has 1 aromatic rings. The summed E-state index contributed by atoms with van der Waals surface area (Å²) in [6, 6.07) is 7.48. The second kappa shape index (κ2) is 4.94. The van der Waals surface area contributed by atoms with Crippen LogP contribution in [0.1, 0.15) is 30.6 Å². The number of aliphatic carboxylic acids is 1. The fourth-order valence-electron chi connectivity index (χ4n) is 1.61. The Morgan fingerprint density at radius 2 is 2.00 bits per heavy atom. The van der Waals surface area contributed by atoms with Crippen LogP contribution in [0.4, 0.5) is 0 Å². The van der Waals surface area contributed by atoms with Gasteiger partial charge < -0.3 is 10.2 Å². The minimum atomic E-state index is -0.880. The second-order valence-corrected chi connectivity index (χ2v) is 3.88. The summed E-state index contributed by atoms with van der Waals surface area (Å²) in [6.07, 6.45) is -0.725. The Bertz CT molecular complexity index is 346. The van der Waals surface area contributed by atoms with Gasteiger partial charge in [-0.25, -0.2) is 0 Å². The number of rotatable bonds is 4. The second-order valence-electron chi connectivity index (χ2n) is 3.88. The van der Waals surface area contributed by atoms with Gasteiger partial charge in [0.1, 0.15) is 0 Å². The molecule has 0 radical (unpaired) electrons. The monoisotopic (exact) mass is 208 g/mol. The molecule has 0 aromatic heterocycles. The fourth-order valence-corrected chi connectivity index (χ4v) is 1.61. The van der Waals surface area contributed by atoms with Crippen molar-refractivity contribution in [1.29, 1.82) is 0 Å². The lowest BCUT2D eigenvalue weighted by molar-refractivity contribution is -0.139. The van der Waals surface area contributed by atoms with Gasteiger partial charge in [-0.15, -0.1) is 0 Å². The summed E-state index contributed by atoms with van der Waals surface area (Å²) in [5.74, 6) is -1.15. The number of hydrogen-bond donors (Lipinski definition) is 2. The van der Waals surface area contributed by atoms with Gasteiger partial charge in [0.05, 0.1) is 12.5 Å². The number of benzene rings is 1. The highest BCUT2D eigenvalue weighted by Gasteiger charge is 2.20. The Morgan fingerprint density at radius 1 is 1.40 bits per heavy atom. The molecule has 0 aliphatic heterocycles. The number of carbonyl (C=O) groups is 1. The molecule has 15 heavy (non-hydrogen) atoms. The van der Waals surface area contributed by atoms with Crippen LogP contribution < -0.4 is 0 Å². The van der Waals surface area contributed by atoms with Crippen LogP contribution in [0.25, 0.3) is 0 Å². The SMILES string of the molecule is Cc1ccccc1C(O)C(C)CC(=O)O. The molecule has 0 aliphatic carbocycles. The first-order valence-electron chi connectivity index (χ1n) is 4.97. The lowest BCUT2D eigenvalue weighted by Crippen LogP contribution is -2.14. The summed E-state index contributed by atoms with van der Waals surface area (Å²) in [4.78, 5) is 10.5. The average Bonchev–Trinajstić information content (AvgIpc) is 2.16. The van der Waals surface area contributed by atoms with Gasteiger partial charge in [0.15, 0.2) is 0 Å². The van der Waals surface area contributed by atoms with Gasteiger partial charge in [-0.1, -0.05) is 31.2 Å². The zero-order chi connectivity index (χ0) is 11.4. The van der Waals surface area contributed by atoms with Gasteiger partial charge in [0, 0.05) is 0 Å². The van der Waals surface area contributed by atoms with Crippen molar-refractivity contribution in [2.24, 2.45) is 5.92 Å². The molecule has 0 saturated heterocycles. The molecule has 0 saturated carbocycles. The topological polar surface area (TPSA) is 57.5 Å². The van der Waals surface area contributed by atoms with Crippen molar-refractivity contribution < 1.29 is 15.0 Å². The van der Waals surface area contributed by atoms with Crippen LogP contribution in [0.2, 0.25) is 0 Å². The Kier molecular flexibility index (Phi) is 3.86. The third kappa shape index (κ3) is 3.06. The van der Waals surface area contributed by atoms with Crippen molar-refractivity contribution in [3.05, 3.63) is 35.4 Å². The van der Waals surface area contributed by atoms with Crippen molar-refractivity contribution in [2.75, 3.05) is 0 Å². The summed E-state index contributed by atoms with van der Waals surface area (Å²) in [6.45, 7) is 3.65. The Hall–Kier alpha value is -1.35. The molecule has 0 bridgehead atoms. The number of hydrogen-bond acceptors (Lipinski definition) is 2. The summed E-state index contributed by atoms with van der Waals surface area (Å²) < 4.78 is 0. The van der Waals surface area contributed by atoms with E-state index in [1.54, 1.807) is 6.92 Å². The number of carboxylic acid groups (broad SMARTS) is 1. The summed E-state index contributed by atoms with van der Waals surface area (Å²) in [5.41, 5.74) is 1.80. The standard InChI is InChI=1S/C12H16O3/c1-8-5-3-4-6-10(8)12(15)9(2)7-11(13)14/h3-6,9,12,15H,7H2,1-2H3,(H,13,14). The largest absolute Gasteiger partial charge is 0.481 e. The van der Waals surface area contributed by atoms with E-state index in [1.807, 2.05) is 31.2 Å². The van der Waals surface area contributed by atoms with Crippen LogP contribution in [0.15, 0.2) is 24.3 Å². The van der Waals surface area contributed by atoms with Crippen LogP contribution in [0.5, 0.6) is 0 Å². The van der Waals surface area contributed by atoms with Crippen LogP contribution in [0, 0.1) is 12.8 Å². The molecule has 0 amide bonds. The van der Waals surface area contributed by atoms with E-state index in [2.05, 4.69) is 0 Å². The molecule has 82 valence electrons. The zero-order valence-electron chi connectivity index (χ0n) is 8.97. The van der Waals surface area contributed by atoms with Crippen molar-refractivity contribution in [3.63, 3.8) is 0 Å². The van der Waals surface area contributed by atoms with Crippen LogP contribution in [0.3, 0.4) is 0 Å². The maximum atomic E-state index is 10.5. The van der Waals surface area contributed by atoms with Crippen LogP contribution >= 0.6 is 0 Å². The first kappa shape index (κ1) is 11.7. The maximum absolute atomic E-state index is 10.5. The lowest BCUT2D eigenvalue weighted by atomic mass is 9.92. The predicted octanol–water partition coefficient (Wildman–Crippen LogP) is 2.14. The van der Waals surface area contributed by atoms with E-state index >= 15 is 0 Å². The molecule has 1 rings (SSSR count). The van der Waals surface area contributed by atoms with Crippen molar-refractivity contribution in [1.82, 2.24) is 0 Å². The predicted molar refractivity (Wildman–Crippen MR) is 57.6 cm³/mol. The van der Waals surface area contributed by atoms with E-state index in [4.69, 9.17) is 5.11 Å². The molecule has 3 nitrogen and oxygen atoms in total. The number of aliphatic hydroxyl groups is 1. The molecular formula is C12H16O3. The molecule has 0 heterocycles. The quantitative estimate of drug-likeness (QED) is 0.797. The smallest absolute Gasteiger partial charge is 0.303 e. The van der Waals surface area contributed by atoms with E-state index in [9.17, 15) is 9.90 Å². The van der Waals surface area contributed by atoms with Crippen molar-refractivity contribution in [2.45, 2.75) is 26.4 Å². The molecule has 1 aromatic carbocycles. The molecule has 0 fully saturated rings. The van der Waals surface area contributed by atoms with Crippen molar-refractivity contribution >= 4 is 5.97 Å². The Morgan fingerprint density at radius 3 is 2.53 bits per heavy atom. The van der Waals surface area contributed by atoms with E-state index in [-0.39, 0.29) is 12.3 Å². The summed E-state index contributed by atoms with van der Waals surface area (Å²) >= 11 is 0. The van der Waals surface area contributed by atoms with Crippen LogP contribution in [-0.2, 0) is 4.79 Å². The van der Waals surface area contributed by atoms with Gasteiger partial charge in [0.25, 0.3) is 0 Å². The first-order chi connectivity index (χ1) is 7.02. The average molecular weight is 208 g/mol. The summed E-state index contributed by atoms with van der Waals surface area (Å²) in [7, 11) is 0. The minimum absolute atomic E-state index is 0.0184. The molecule has 0 aliphatic rings. The highest BCUT2D eigenvalue weighted by atomic mass is 16.4. The number of aryl methyl sites for hydroxylation is 1. The van der Waals surface area contributed by atoms with Crippen LogP contribution in [-0.4, -0.2) is 16.2 Å². The normalized spacial score (nSPS) is 14.6. The fraction of sp³-hybridized carbons (Fsp3) is 0.417. The molecule has 2 N–H and O–H groups in total. The molecule has 2 atom stereocenters. The third-order valence-corrected chi connectivity index (χ3v) is 2.54. The Balaban J connectivity index is 2.80. The number of carboxylic acids is 1. The molecular weight excluding hydrogens is 192 g/mol. The maximum Gasteiger partial charge on any atom is 0.303 e. The van der Waals surface area contributed by atoms with Gasteiger partial charge in [-0.3, -0.25) is 4.79 Å². The van der Waals surface area contributed by atoms with E-state index < -0.39 is 12.1 Å². The van der Waals surface area contributed by atoms with E-state index in [0.29, 0.717) is 0 Å². The summed E-state index contributed by atoms with van der Waals surface area (Å²) in [5, 5.41) is 18.6. The minimum Gasteiger partial charge on any atom is -0.481 e. The van der Waals surface area contributed by atoms with Crippen molar-refractivity contribution in [3.8, 4) is 0 Å². The van der Waals surface area contributed by atoms with E-state index in [0.717, 1.165) is 11.1 Å². The van der Waals surface area contributed by atoms with E-state index in [1.165, 1.54) is 0 Å². The highest BCUT2D eigenvalue weighted by Crippen LogP contribution is 2.26. The third-order valence-electron chi connectivity index (χ3n) is 2.54. The molecule has 0 spiro atoms. The zero-order valence-corrected chi connectivity index (χ0v) is 8.97. The first-order valence-corrected chi connectivity index (χ1v) is 4.97. The number of aliphatic hydroxyl groups excluding tert-OH is 1. The Labute approximate surface area is 89.4 Å². The molecule has 3 heteroatoms. The van der Waals surface area contributed by atoms with Gasteiger partial charge in [0.2, 0.25) is 0 Å². The van der Waals surface area contributed by atoms with Gasteiger partial charge in [-0.05, 0) is 24.0 Å². The van der Waals surface area contributed by atoms with Gasteiger partial charge >= 0.3 is 5.97 Å². The molecule has 2 unspecified atom stereocenters. The lowest BCUT2D eigenvalue weighted by Gasteiger charge is -2.19. The van der Waals surface area contributed by atoms with Gasteiger partial charge in [-0.2, -0.15) is 0 Å².